The SMILES string of the molecule is COc1ccc(NCC(=O)NC(N)=O)cc1Br. The Hall–Kier alpha value is -1.76. The highest BCUT2D eigenvalue weighted by Crippen LogP contribution is 2.27. The van der Waals surface area contributed by atoms with E-state index in [9.17, 15) is 9.59 Å². The largest absolute Gasteiger partial charge is 0.496 e. The van der Waals surface area contributed by atoms with Crippen LogP contribution >= 0.6 is 15.9 Å². The maximum Gasteiger partial charge on any atom is 0.318 e. The fourth-order valence-electron chi connectivity index (χ4n) is 1.14. The zero-order chi connectivity index (χ0) is 12.8. The van der Waals surface area contributed by atoms with Crippen LogP contribution in [-0.4, -0.2) is 25.6 Å². The summed E-state index contributed by atoms with van der Waals surface area (Å²) in [4.78, 5) is 21.5. The van der Waals surface area contributed by atoms with Crippen LogP contribution in [0, 0.1) is 0 Å². The molecule has 0 saturated heterocycles. The zero-order valence-electron chi connectivity index (χ0n) is 9.12. The number of primary amides is 1. The summed E-state index contributed by atoms with van der Waals surface area (Å²) < 4.78 is 5.83. The molecule has 0 atom stereocenters. The molecule has 3 amide bonds. The molecule has 1 rings (SSSR count). The van der Waals surface area contributed by atoms with Gasteiger partial charge in [-0.2, -0.15) is 0 Å². The van der Waals surface area contributed by atoms with Crippen LogP contribution < -0.4 is 21.1 Å². The van der Waals surface area contributed by atoms with E-state index in [1.54, 1.807) is 25.3 Å². The van der Waals surface area contributed by atoms with Crippen LogP contribution in [0.5, 0.6) is 5.75 Å². The predicted molar refractivity (Wildman–Crippen MR) is 66.9 cm³/mol. The van der Waals surface area contributed by atoms with E-state index in [0.29, 0.717) is 5.75 Å². The Morgan fingerprint density at radius 1 is 1.47 bits per heavy atom. The first kappa shape index (κ1) is 13.3. The van der Waals surface area contributed by atoms with Crippen molar-refractivity contribution in [1.29, 1.82) is 0 Å². The highest BCUT2D eigenvalue weighted by molar-refractivity contribution is 9.10. The molecule has 7 heteroatoms. The number of carbonyl (C=O) groups excluding carboxylic acids is 2. The molecule has 4 N–H and O–H groups in total. The lowest BCUT2D eigenvalue weighted by molar-refractivity contribution is -0.118. The lowest BCUT2D eigenvalue weighted by Gasteiger charge is -2.08. The molecule has 0 fully saturated rings. The molecule has 6 nitrogen and oxygen atoms in total. The average Bonchev–Trinajstić information content (AvgIpc) is 2.25. The van der Waals surface area contributed by atoms with Crippen LogP contribution in [0.4, 0.5) is 10.5 Å². The number of imide groups is 1. The van der Waals surface area contributed by atoms with Crippen molar-refractivity contribution in [2.45, 2.75) is 0 Å². The van der Waals surface area contributed by atoms with Crippen molar-refractivity contribution < 1.29 is 14.3 Å². The molecular formula is C10H12BrN3O3. The summed E-state index contributed by atoms with van der Waals surface area (Å²) in [7, 11) is 1.56. The number of ether oxygens (including phenoxy) is 1. The monoisotopic (exact) mass is 301 g/mol. The predicted octanol–water partition coefficient (Wildman–Crippen LogP) is 1.06. The topological polar surface area (TPSA) is 93.4 Å². The van der Waals surface area contributed by atoms with Crippen LogP contribution in [0.15, 0.2) is 22.7 Å². The van der Waals surface area contributed by atoms with Gasteiger partial charge in [0.1, 0.15) is 5.75 Å². The summed E-state index contributed by atoms with van der Waals surface area (Å²) in [5, 5.41) is 4.79. The van der Waals surface area contributed by atoms with Gasteiger partial charge in [-0.1, -0.05) is 0 Å². The second-order valence-electron chi connectivity index (χ2n) is 3.12. The molecule has 0 aliphatic rings. The standard InChI is InChI=1S/C10H12BrN3O3/c1-17-8-3-2-6(4-7(8)11)13-5-9(15)14-10(12)16/h2-4,13H,5H2,1H3,(H3,12,14,15,16). The van der Waals surface area contributed by atoms with Gasteiger partial charge >= 0.3 is 6.03 Å². The highest BCUT2D eigenvalue weighted by Gasteiger charge is 2.05. The Morgan fingerprint density at radius 3 is 2.71 bits per heavy atom. The third kappa shape index (κ3) is 4.31. The summed E-state index contributed by atoms with van der Waals surface area (Å²) in [6.45, 7) is -0.0400. The summed E-state index contributed by atoms with van der Waals surface area (Å²) in [6, 6.07) is 4.39. The summed E-state index contributed by atoms with van der Waals surface area (Å²) in [6.07, 6.45) is 0. The number of halogens is 1. The number of carbonyl (C=O) groups is 2. The summed E-state index contributed by atoms with van der Waals surface area (Å²) in [5.41, 5.74) is 5.52. The van der Waals surface area contributed by atoms with Crippen LogP contribution in [-0.2, 0) is 4.79 Å². The fraction of sp³-hybridized carbons (Fsp3) is 0.200. The minimum absolute atomic E-state index is 0.0400. The van der Waals surface area contributed by atoms with E-state index in [2.05, 4.69) is 21.2 Å². The maximum atomic E-state index is 11.1. The number of amides is 3. The summed E-state index contributed by atoms with van der Waals surface area (Å²) >= 11 is 3.31. The molecule has 0 aliphatic heterocycles. The second-order valence-corrected chi connectivity index (χ2v) is 3.97. The van der Waals surface area contributed by atoms with Gasteiger partial charge in [0, 0.05) is 5.69 Å². The van der Waals surface area contributed by atoms with Gasteiger partial charge in [-0.15, -0.1) is 0 Å². The Kier molecular flexibility index (Phi) is 4.77. The van der Waals surface area contributed by atoms with E-state index in [-0.39, 0.29) is 6.54 Å². The normalized spacial score (nSPS) is 9.53. The van der Waals surface area contributed by atoms with Crippen molar-refractivity contribution in [3.8, 4) is 5.75 Å². The number of nitrogens with two attached hydrogens (primary N) is 1. The number of hydrogen-bond donors (Lipinski definition) is 3. The molecule has 17 heavy (non-hydrogen) atoms. The Bertz CT molecular complexity index is 437. The molecular weight excluding hydrogens is 290 g/mol. The van der Waals surface area contributed by atoms with Crippen molar-refractivity contribution in [3.63, 3.8) is 0 Å². The van der Waals surface area contributed by atoms with Crippen molar-refractivity contribution >= 4 is 33.6 Å². The van der Waals surface area contributed by atoms with Gasteiger partial charge in [0.05, 0.1) is 18.1 Å². The van der Waals surface area contributed by atoms with Crippen LogP contribution in [0.3, 0.4) is 0 Å². The molecule has 0 spiro atoms. The Morgan fingerprint density at radius 2 is 2.18 bits per heavy atom. The Balaban J connectivity index is 2.55. The van der Waals surface area contributed by atoms with Crippen molar-refractivity contribution in [2.24, 2.45) is 5.73 Å². The highest BCUT2D eigenvalue weighted by atomic mass is 79.9. The van der Waals surface area contributed by atoms with Crippen molar-refractivity contribution in [2.75, 3.05) is 19.0 Å². The maximum absolute atomic E-state index is 11.1. The quantitative estimate of drug-likeness (QED) is 0.775. The van der Waals surface area contributed by atoms with Gasteiger partial charge in [-0.05, 0) is 34.1 Å². The lowest BCUT2D eigenvalue weighted by atomic mass is 10.3. The number of hydrogen-bond acceptors (Lipinski definition) is 4. The smallest absolute Gasteiger partial charge is 0.318 e. The van der Waals surface area contributed by atoms with E-state index >= 15 is 0 Å². The molecule has 92 valence electrons. The summed E-state index contributed by atoms with van der Waals surface area (Å²) in [5.74, 6) is 0.196. The number of urea groups is 1. The molecule has 0 saturated carbocycles. The van der Waals surface area contributed by atoms with Gasteiger partial charge in [-0.25, -0.2) is 4.79 Å². The van der Waals surface area contributed by atoms with Gasteiger partial charge in [0.25, 0.3) is 0 Å². The van der Waals surface area contributed by atoms with Gasteiger partial charge in [0.15, 0.2) is 0 Å². The van der Waals surface area contributed by atoms with E-state index in [0.717, 1.165) is 10.2 Å². The molecule has 0 heterocycles. The average molecular weight is 302 g/mol. The molecule has 0 aromatic heterocycles. The lowest BCUT2D eigenvalue weighted by Crippen LogP contribution is -2.38. The van der Waals surface area contributed by atoms with Crippen LogP contribution in [0.2, 0.25) is 0 Å². The molecule has 0 radical (unpaired) electrons. The first-order chi connectivity index (χ1) is 8.02. The first-order valence-corrected chi connectivity index (χ1v) is 5.49. The van der Waals surface area contributed by atoms with E-state index in [4.69, 9.17) is 10.5 Å². The van der Waals surface area contributed by atoms with Gasteiger partial charge in [-0.3, -0.25) is 10.1 Å². The number of nitrogens with one attached hydrogen (secondary N) is 2. The Labute approximate surface area is 107 Å². The molecule has 1 aromatic rings. The molecule has 0 unspecified atom stereocenters. The van der Waals surface area contributed by atoms with Crippen molar-refractivity contribution in [3.05, 3.63) is 22.7 Å². The van der Waals surface area contributed by atoms with Gasteiger partial charge < -0.3 is 15.8 Å². The fourth-order valence-corrected chi connectivity index (χ4v) is 1.68. The first-order valence-electron chi connectivity index (χ1n) is 4.69. The van der Waals surface area contributed by atoms with E-state index in [1.165, 1.54) is 0 Å². The molecule has 0 aliphatic carbocycles. The zero-order valence-corrected chi connectivity index (χ0v) is 10.7. The van der Waals surface area contributed by atoms with Crippen LogP contribution in [0.25, 0.3) is 0 Å². The minimum Gasteiger partial charge on any atom is -0.496 e. The second kappa shape index (κ2) is 6.09. The minimum atomic E-state index is -0.868. The molecule has 1 aromatic carbocycles. The number of methoxy groups -OCH3 is 1. The van der Waals surface area contributed by atoms with Crippen molar-refractivity contribution in [1.82, 2.24) is 5.32 Å². The molecule has 0 bridgehead atoms. The third-order valence-corrected chi connectivity index (χ3v) is 2.49. The third-order valence-electron chi connectivity index (χ3n) is 1.87. The van der Waals surface area contributed by atoms with E-state index in [1.807, 2.05) is 5.32 Å². The number of benzene rings is 1. The van der Waals surface area contributed by atoms with E-state index < -0.39 is 11.9 Å². The van der Waals surface area contributed by atoms with Crippen LogP contribution in [0.1, 0.15) is 0 Å². The van der Waals surface area contributed by atoms with Gasteiger partial charge in [0.2, 0.25) is 5.91 Å². The number of anilines is 1. The number of rotatable bonds is 4.